The van der Waals surface area contributed by atoms with Crippen LogP contribution in [-0.4, -0.2) is 54.4 Å². The molecule has 2 aromatic carbocycles. The topological polar surface area (TPSA) is 110 Å². The molecule has 5 rings (SSSR count). The van der Waals surface area contributed by atoms with Gasteiger partial charge in [-0.2, -0.15) is 0 Å². The Morgan fingerprint density at radius 1 is 1.07 bits per heavy atom. The first-order valence-electron chi connectivity index (χ1n) is 14.2. The number of aromatic nitrogens is 1. The quantitative estimate of drug-likeness (QED) is 0.292. The van der Waals surface area contributed by atoms with Gasteiger partial charge in [0, 0.05) is 60.9 Å². The average Bonchev–Trinajstić information content (AvgIpc) is 3.46. The second-order valence-corrected chi connectivity index (χ2v) is 11.0. The third-order valence-electron chi connectivity index (χ3n) is 8.00. The van der Waals surface area contributed by atoms with E-state index in [4.69, 9.17) is 10.1 Å². The fraction of sp³-hybridized carbons (Fsp3) is 0.406. The van der Waals surface area contributed by atoms with Crippen LogP contribution in [0.5, 0.6) is 0 Å². The zero-order valence-electron chi connectivity index (χ0n) is 23.4. The first-order valence-corrected chi connectivity index (χ1v) is 14.2. The summed E-state index contributed by atoms with van der Waals surface area (Å²) in [5.74, 6) is -0.307. The maximum absolute atomic E-state index is 13.6. The molecule has 0 atom stereocenters. The molecule has 3 aromatic rings. The van der Waals surface area contributed by atoms with E-state index in [0.717, 1.165) is 73.8 Å². The van der Waals surface area contributed by atoms with Crippen LogP contribution in [0.2, 0.25) is 0 Å². The largest absolute Gasteiger partial charge is 0.382 e. The Bertz CT molecular complexity index is 1420. The van der Waals surface area contributed by atoms with E-state index in [1.807, 2.05) is 26.0 Å². The molecule has 1 aliphatic carbocycles. The summed E-state index contributed by atoms with van der Waals surface area (Å²) in [7, 11) is 0. The number of hydrogen-bond acceptors (Lipinski definition) is 6. The zero-order chi connectivity index (χ0) is 28.1. The highest BCUT2D eigenvalue weighted by Crippen LogP contribution is 2.31. The van der Waals surface area contributed by atoms with Gasteiger partial charge in [0.2, 0.25) is 0 Å². The number of benzene rings is 2. The maximum atomic E-state index is 13.6. The Morgan fingerprint density at radius 3 is 2.48 bits per heavy atom. The molecule has 1 aliphatic heterocycles. The second kappa shape index (κ2) is 12.6. The lowest BCUT2D eigenvalue weighted by molar-refractivity contribution is 0.0342. The number of aromatic amines is 1. The van der Waals surface area contributed by atoms with Crippen molar-refractivity contribution in [2.75, 3.05) is 31.6 Å². The predicted molar refractivity (Wildman–Crippen MR) is 159 cm³/mol. The van der Waals surface area contributed by atoms with Crippen LogP contribution >= 0.6 is 0 Å². The lowest BCUT2D eigenvalue weighted by Crippen LogP contribution is -2.35. The predicted octanol–water partition coefficient (Wildman–Crippen LogP) is 4.77. The summed E-state index contributed by atoms with van der Waals surface area (Å²) in [6.45, 7) is 8.14. The highest BCUT2D eigenvalue weighted by Gasteiger charge is 2.21. The van der Waals surface area contributed by atoms with Crippen LogP contribution in [0.25, 0.3) is 11.1 Å². The van der Waals surface area contributed by atoms with Gasteiger partial charge in [0.1, 0.15) is 0 Å². The highest BCUT2D eigenvalue weighted by molar-refractivity contribution is 6.06. The van der Waals surface area contributed by atoms with E-state index in [-0.39, 0.29) is 18.0 Å². The summed E-state index contributed by atoms with van der Waals surface area (Å²) >= 11 is 0. The summed E-state index contributed by atoms with van der Waals surface area (Å²) in [6.07, 6.45) is 5.77. The molecule has 2 aliphatic rings. The Labute approximate surface area is 235 Å². The molecule has 8 nitrogen and oxygen atoms in total. The van der Waals surface area contributed by atoms with Gasteiger partial charge >= 0.3 is 0 Å². The van der Waals surface area contributed by atoms with E-state index < -0.39 is 0 Å². The summed E-state index contributed by atoms with van der Waals surface area (Å²) in [4.78, 5) is 31.3. The fourth-order valence-electron chi connectivity index (χ4n) is 5.76. The lowest BCUT2D eigenvalue weighted by atomic mass is 9.95. The number of hydrogen-bond donors (Lipinski definition) is 4. The maximum Gasteiger partial charge on any atom is 0.253 e. The van der Waals surface area contributed by atoms with Crippen LogP contribution in [0.4, 0.5) is 5.69 Å². The third-order valence-corrected chi connectivity index (χ3v) is 8.00. The Balaban J connectivity index is 1.44. The molecule has 1 saturated heterocycles. The van der Waals surface area contributed by atoms with E-state index in [0.29, 0.717) is 22.7 Å². The number of aryl methyl sites for hydroxylation is 2. The van der Waals surface area contributed by atoms with Gasteiger partial charge in [-0.15, -0.1) is 0 Å². The average molecular weight is 542 g/mol. The van der Waals surface area contributed by atoms with E-state index >= 15 is 0 Å². The van der Waals surface area contributed by atoms with Gasteiger partial charge in [-0.05, 0) is 67.1 Å². The zero-order valence-corrected chi connectivity index (χ0v) is 23.4. The van der Waals surface area contributed by atoms with Crippen molar-refractivity contribution >= 4 is 17.8 Å². The van der Waals surface area contributed by atoms with Crippen molar-refractivity contribution in [2.45, 2.75) is 58.7 Å². The first kappa shape index (κ1) is 27.8. The normalized spacial score (nSPS) is 16.1. The van der Waals surface area contributed by atoms with Crippen LogP contribution in [0.3, 0.4) is 0 Å². The lowest BCUT2D eigenvalue weighted by Gasteiger charge is -2.26. The monoisotopic (exact) mass is 541 g/mol. The Morgan fingerprint density at radius 2 is 1.80 bits per heavy atom. The van der Waals surface area contributed by atoms with Crippen molar-refractivity contribution in [3.05, 3.63) is 86.3 Å². The molecule has 8 heteroatoms. The van der Waals surface area contributed by atoms with Crippen molar-refractivity contribution in [3.63, 3.8) is 0 Å². The van der Waals surface area contributed by atoms with Crippen molar-refractivity contribution in [2.24, 2.45) is 0 Å². The number of carbonyl (C=O) groups excluding carboxylic acids is 1. The first-order chi connectivity index (χ1) is 19.4. The standard InChI is InChI=1S/C32H39N5O3/c1-21-15-22(2)35-32(39)29(21)19-34-31(38)27-16-25(17-30(28(27)18-33)36-26-5-3-4-6-26)24-9-7-23(8-10-24)20-37-11-13-40-14-12-37/h7-10,15-18,26,33,36H,3-6,11-14,19-20H2,1-2H3,(H,34,38)(H,35,39). The van der Waals surface area contributed by atoms with Crippen molar-refractivity contribution < 1.29 is 9.53 Å². The van der Waals surface area contributed by atoms with Crippen molar-refractivity contribution in [1.82, 2.24) is 15.2 Å². The second-order valence-electron chi connectivity index (χ2n) is 11.0. The van der Waals surface area contributed by atoms with Crippen LogP contribution in [-0.2, 0) is 17.8 Å². The smallest absolute Gasteiger partial charge is 0.253 e. The summed E-state index contributed by atoms with van der Waals surface area (Å²) in [5, 5.41) is 14.8. The SMILES string of the molecule is Cc1cc(C)c(CNC(=O)c2cc(-c3ccc(CN4CCOCC4)cc3)cc(NC3CCCC3)c2C=N)c(=O)[nH]1. The van der Waals surface area contributed by atoms with E-state index in [9.17, 15) is 9.59 Å². The number of rotatable bonds is 9. The highest BCUT2D eigenvalue weighted by atomic mass is 16.5. The number of morpholine rings is 1. The van der Waals surface area contributed by atoms with Gasteiger partial charge in [-0.25, -0.2) is 0 Å². The van der Waals surface area contributed by atoms with Gasteiger partial charge < -0.3 is 25.8 Å². The number of ether oxygens (including phenoxy) is 1. The summed E-state index contributed by atoms with van der Waals surface area (Å²) in [5.41, 5.74) is 6.91. The molecule has 0 radical (unpaired) electrons. The third kappa shape index (κ3) is 6.51. The van der Waals surface area contributed by atoms with Crippen molar-refractivity contribution in [1.29, 1.82) is 5.41 Å². The van der Waals surface area contributed by atoms with Crippen LogP contribution < -0.4 is 16.2 Å². The minimum absolute atomic E-state index is 0.115. The number of amides is 1. The van der Waals surface area contributed by atoms with Gasteiger partial charge in [0.25, 0.3) is 11.5 Å². The molecular formula is C32H39N5O3. The summed E-state index contributed by atoms with van der Waals surface area (Å²) in [6, 6.07) is 14.6. The number of H-pyrrole nitrogens is 1. The number of pyridine rings is 1. The van der Waals surface area contributed by atoms with E-state index in [1.165, 1.54) is 24.6 Å². The minimum Gasteiger partial charge on any atom is -0.382 e. The number of nitrogens with zero attached hydrogens (tertiary/aromatic N) is 1. The van der Waals surface area contributed by atoms with Crippen LogP contribution in [0.1, 0.15) is 64.0 Å². The minimum atomic E-state index is -0.307. The van der Waals surface area contributed by atoms with Gasteiger partial charge in [-0.1, -0.05) is 37.1 Å². The summed E-state index contributed by atoms with van der Waals surface area (Å²) < 4.78 is 5.47. The van der Waals surface area contributed by atoms with Crippen LogP contribution in [0, 0.1) is 19.3 Å². The molecule has 2 heterocycles. The Hall–Kier alpha value is -3.75. The molecule has 1 amide bonds. The van der Waals surface area contributed by atoms with Crippen LogP contribution in [0.15, 0.2) is 47.3 Å². The Kier molecular flexibility index (Phi) is 8.77. The van der Waals surface area contributed by atoms with E-state index in [1.54, 1.807) is 0 Å². The molecule has 0 spiro atoms. The van der Waals surface area contributed by atoms with E-state index in [2.05, 4.69) is 50.8 Å². The number of nitrogens with one attached hydrogen (secondary N) is 4. The molecule has 0 unspecified atom stereocenters. The van der Waals surface area contributed by atoms with Gasteiger partial charge in [0.05, 0.1) is 18.8 Å². The molecule has 1 aromatic heterocycles. The van der Waals surface area contributed by atoms with Gasteiger partial charge in [0.15, 0.2) is 0 Å². The molecule has 40 heavy (non-hydrogen) atoms. The molecule has 210 valence electrons. The molecule has 1 saturated carbocycles. The molecule has 4 N–H and O–H groups in total. The molecule has 2 fully saturated rings. The van der Waals surface area contributed by atoms with Gasteiger partial charge in [-0.3, -0.25) is 14.5 Å². The number of anilines is 1. The molecule has 0 bridgehead atoms. The fourth-order valence-corrected chi connectivity index (χ4v) is 5.76. The van der Waals surface area contributed by atoms with Crippen molar-refractivity contribution in [3.8, 4) is 11.1 Å². The molecular weight excluding hydrogens is 502 g/mol. The number of carbonyl (C=O) groups is 1.